The predicted molar refractivity (Wildman–Crippen MR) is 250 cm³/mol. The highest BCUT2D eigenvalue weighted by atomic mass is 16.5. The van der Waals surface area contributed by atoms with Crippen LogP contribution >= 0.6 is 0 Å². The molecule has 338 valence electrons. The van der Waals surface area contributed by atoms with Gasteiger partial charge in [-0.3, -0.25) is 9.59 Å². The Kier molecular flexibility index (Phi) is 45.7. The summed E-state index contributed by atoms with van der Waals surface area (Å²) >= 11 is 0. The minimum Gasteiger partial charge on any atom is -0.466 e. The smallest absolute Gasteiger partial charge is 0.305 e. The molecule has 0 saturated heterocycles. The lowest BCUT2D eigenvalue weighted by Crippen LogP contribution is -2.45. The lowest BCUT2D eigenvalue weighted by molar-refractivity contribution is -0.143. The van der Waals surface area contributed by atoms with Gasteiger partial charge in [0.2, 0.25) is 5.91 Å². The van der Waals surface area contributed by atoms with E-state index in [4.69, 9.17) is 4.74 Å². The van der Waals surface area contributed by atoms with Gasteiger partial charge in [0.25, 0.3) is 0 Å². The maximum Gasteiger partial charge on any atom is 0.305 e. The Labute approximate surface area is 359 Å². The van der Waals surface area contributed by atoms with E-state index in [1.807, 2.05) is 6.08 Å². The first-order chi connectivity index (χ1) is 28.5. The second kappa shape index (κ2) is 47.5. The molecule has 2 atom stereocenters. The fraction of sp³-hybridized carbons (Fsp3) is 0.808. The van der Waals surface area contributed by atoms with Crippen LogP contribution in [0.4, 0.5) is 0 Å². The first kappa shape index (κ1) is 55.8. The maximum atomic E-state index is 12.4. The third kappa shape index (κ3) is 43.4. The molecule has 6 nitrogen and oxygen atoms in total. The zero-order valence-electron chi connectivity index (χ0n) is 38.3. The third-order valence-electron chi connectivity index (χ3n) is 11.1. The van der Waals surface area contributed by atoms with E-state index in [2.05, 4.69) is 55.6 Å². The van der Waals surface area contributed by atoms with E-state index in [0.717, 1.165) is 89.9 Å². The number of carbonyl (C=O) groups excluding carboxylic acids is 2. The molecule has 0 aromatic carbocycles. The number of amides is 1. The number of unbranched alkanes of at least 4 members (excludes halogenated alkanes) is 28. The van der Waals surface area contributed by atoms with Crippen LogP contribution in [-0.4, -0.2) is 47.4 Å². The number of nitrogens with one attached hydrogen (secondary N) is 1. The van der Waals surface area contributed by atoms with E-state index in [1.165, 1.54) is 128 Å². The number of allylic oxidation sites excluding steroid dienone is 7. The van der Waals surface area contributed by atoms with E-state index < -0.39 is 12.1 Å². The summed E-state index contributed by atoms with van der Waals surface area (Å²) < 4.78 is 5.43. The molecule has 0 aliphatic carbocycles. The zero-order chi connectivity index (χ0) is 42.3. The van der Waals surface area contributed by atoms with Crippen LogP contribution in [0.25, 0.3) is 0 Å². The van der Waals surface area contributed by atoms with E-state index >= 15 is 0 Å². The van der Waals surface area contributed by atoms with Crippen molar-refractivity contribution in [2.24, 2.45) is 0 Å². The van der Waals surface area contributed by atoms with Gasteiger partial charge in [-0.15, -0.1) is 0 Å². The summed E-state index contributed by atoms with van der Waals surface area (Å²) in [5, 5.41) is 23.0. The highest BCUT2D eigenvalue weighted by Gasteiger charge is 2.18. The van der Waals surface area contributed by atoms with E-state index in [0.29, 0.717) is 19.4 Å². The van der Waals surface area contributed by atoms with Gasteiger partial charge in [-0.1, -0.05) is 191 Å². The van der Waals surface area contributed by atoms with E-state index in [1.54, 1.807) is 6.08 Å². The Morgan fingerprint density at radius 2 is 0.862 bits per heavy atom. The van der Waals surface area contributed by atoms with Crippen LogP contribution in [-0.2, 0) is 14.3 Å². The largest absolute Gasteiger partial charge is 0.466 e. The lowest BCUT2D eigenvalue weighted by Gasteiger charge is -2.20. The molecule has 0 saturated carbocycles. The molecule has 58 heavy (non-hydrogen) atoms. The number of rotatable bonds is 45. The van der Waals surface area contributed by atoms with Crippen LogP contribution in [0.2, 0.25) is 0 Å². The van der Waals surface area contributed by atoms with Crippen molar-refractivity contribution in [2.45, 2.75) is 257 Å². The van der Waals surface area contributed by atoms with Crippen LogP contribution in [0.3, 0.4) is 0 Å². The summed E-state index contributed by atoms with van der Waals surface area (Å²) in [7, 11) is 0. The fourth-order valence-electron chi connectivity index (χ4n) is 7.18. The van der Waals surface area contributed by atoms with Gasteiger partial charge in [0.05, 0.1) is 25.4 Å². The van der Waals surface area contributed by atoms with Crippen molar-refractivity contribution in [1.29, 1.82) is 0 Å². The van der Waals surface area contributed by atoms with E-state index in [-0.39, 0.29) is 18.5 Å². The molecule has 0 spiro atoms. The van der Waals surface area contributed by atoms with Crippen molar-refractivity contribution < 1.29 is 24.5 Å². The van der Waals surface area contributed by atoms with Gasteiger partial charge >= 0.3 is 5.97 Å². The van der Waals surface area contributed by atoms with Crippen molar-refractivity contribution in [3.63, 3.8) is 0 Å². The maximum absolute atomic E-state index is 12.4. The SMILES string of the molecule is CCCCC/C=C\C/C=C\CCCCCCCCCC(=O)OCCCC/C=C\CCCCCCCC(=O)NC(CO)C(O)/C=C/CCCCCCCCCCCCC. The van der Waals surface area contributed by atoms with Gasteiger partial charge in [0, 0.05) is 12.8 Å². The van der Waals surface area contributed by atoms with Gasteiger partial charge in [-0.2, -0.15) is 0 Å². The minimum atomic E-state index is -0.863. The first-order valence-corrected chi connectivity index (χ1v) is 24.9. The molecule has 2 unspecified atom stereocenters. The number of esters is 1. The summed E-state index contributed by atoms with van der Waals surface area (Å²) in [5.41, 5.74) is 0. The highest BCUT2D eigenvalue weighted by molar-refractivity contribution is 5.76. The molecule has 0 bridgehead atoms. The Morgan fingerprint density at radius 1 is 0.483 bits per heavy atom. The molecule has 0 heterocycles. The molecular formula is C52H95NO5. The zero-order valence-corrected chi connectivity index (χ0v) is 38.3. The topological polar surface area (TPSA) is 95.9 Å². The number of aliphatic hydroxyl groups is 2. The number of carbonyl (C=O) groups is 2. The summed E-state index contributed by atoms with van der Waals surface area (Å²) in [6, 6.07) is -0.649. The fourth-order valence-corrected chi connectivity index (χ4v) is 7.18. The number of ether oxygens (including phenoxy) is 1. The Bertz CT molecular complexity index is 988. The number of hydrogen-bond acceptors (Lipinski definition) is 5. The normalized spacial score (nSPS) is 13.1. The summed E-state index contributed by atoms with van der Waals surface area (Å²) in [6.07, 6.45) is 58.2. The average molecular weight is 814 g/mol. The van der Waals surface area contributed by atoms with Crippen LogP contribution in [0.1, 0.15) is 245 Å². The summed E-state index contributed by atoms with van der Waals surface area (Å²) in [5.74, 6) is -0.142. The number of hydrogen-bond donors (Lipinski definition) is 3. The molecule has 0 aliphatic heterocycles. The summed E-state index contributed by atoms with van der Waals surface area (Å²) in [6.45, 7) is 4.78. The Morgan fingerprint density at radius 3 is 1.36 bits per heavy atom. The van der Waals surface area contributed by atoms with E-state index in [9.17, 15) is 19.8 Å². The molecule has 3 N–H and O–H groups in total. The van der Waals surface area contributed by atoms with Crippen LogP contribution in [0, 0.1) is 0 Å². The van der Waals surface area contributed by atoms with Crippen molar-refractivity contribution in [3.05, 3.63) is 48.6 Å². The monoisotopic (exact) mass is 814 g/mol. The lowest BCUT2D eigenvalue weighted by atomic mass is 10.0. The summed E-state index contributed by atoms with van der Waals surface area (Å²) in [4.78, 5) is 24.4. The Balaban J connectivity index is 3.56. The minimum absolute atomic E-state index is 0.0419. The third-order valence-corrected chi connectivity index (χ3v) is 11.1. The molecule has 1 amide bonds. The molecule has 0 fully saturated rings. The molecule has 6 heteroatoms. The van der Waals surface area contributed by atoms with Crippen molar-refractivity contribution >= 4 is 11.9 Å². The first-order valence-electron chi connectivity index (χ1n) is 24.9. The molecule has 0 rings (SSSR count). The van der Waals surface area contributed by atoms with Crippen LogP contribution in [0.15, 0.2) is 48.6 Å². The highest BCUT2D eigenvalue weighted by Crippen LogP contribution is 2.14. The average Bonchev–Trinajstić information content (AvgIpc) is 3.22. The van der Waals surface area contributed by atoms with Crippen LogP contribution in [0.5, 0.6) is 0 Å². The molecule has 0 aliphatic rings. The molecule has 0 aromatic rings. The van der Waals surface area contributed by atoms with Gasteiger partial charge in [-0.05, 0) is 89.9 Å². The van der Waals surface area contributed by atoms with Gasteiger partial charge in [0.15, 0.2) is 0 Å². The van der Waals surface area contributed by atoms with Gasteiger partial charge in [0.1, 0.15) is 0 Å². The molecular weight excluding hydrogens is 719 g/mol. The van der Waals surface area contributed by atoms with Crippen molar-refractivity contribution in [2.75, 3.05) is 13.2 Å². The van der Waals surface area contributed by atoms with Gasteiger partial charge < -0.3 is 20.3 Å². The standard InChI is InChI=1S/C52H95NO5/c1-3-5-7-9-11-13-15-17-18-19-20-22-26-30-34-38-42-46-52(57)58-47-43-39-35-31-27-23-25-29-33-37-41-45-51(56)53-49(48-54)50(55)44-40-36-32-28-24-21-16-14-12-10-8-6-4-2/h11,13,17-18,27,31,40,44,49-50,54-55H,3-10,12,14-16,19-26,28-30,32-39,41-43,45-48H2,1-2H3,(H,53,56)/b13-11-,18-17-,31-27-,44-40+. The van der Waals surface area contributed by atoms with Crippen LogP contribution < -0.4 is 5.32 Å². The van der Waals surface area contributed by atoms with Gasteiger partial charge in [-0.25, -0.2) is 0 Å². The van der Waals surface area contributed by atoms with Crippen molar-refractivity contribution in [1.82, 2.24) is 5.32 Å². The molecule has 0 aromatic heterocycles. The molecule has 0 radical (unpaired) electrons. The second-order valence-corrected chi connectivity index (χ2v) is 16.8. The Hall–Kier alpha value is -2.18. The van der Waals surface area contributed by atoms with Crippen molar-refractivity contribution in [3.8, 4) is 0 Å². The quantitative estimate of drug-likeness (QED) is 0.0323. The number of aliphatic hydroxyl groups excluding tert-OH is 2. The predicted octanol–water partition coefficient (Wildman–Crippen LogP) is 14.7. The second-order valence-electron chi connectivity index (χ2n) is 16.8.